The number of nitrogens with two attached hydrogens (primary N) is 1. The van der Waals surface area contributed by atoms with Gasteiger partial charge in [-0.1, -0.05) is 43.5 Å². The Labute approximate surface area is 97.2 Å². The molecular weight excluding hydrogens is 196 g/mol. The summed E-state index contributed by atoms with van der Waals surface area (Å²) in [5.74, 6) is 7.30. The van der Waals surface area contributed by atoms with Crippen molar-refractivity contribution in [2.24, 2.45) is 11.8 Å². The summed E-state index contributed by atoms with van der Waals surface area (Å²) in [5, 5.41) is 0. The van der Waals surface area contributed by atoms with Crippen LogP contribution in [0.5, 0.6) is 0 Å². The van der Waals surface area contributed by atoms with E-state index in [9.17, 15) is 0 Å². The third-order valence-corrected chi connectivity index (χ3v) is 4.41. The zero-order valence-electron chi connectivity index (χ0n) is 9.65. The third-order valence-electron chi connectivity index (χ3n) is 4.41. The van der Waals surface area contributed by atoms with Gasteiger partial charge in [0.25, 0.3) is 0 Å². The Morgan fingerprint density at radius 1 is 1.31 bits per heavy atom. The molecule has 1 aromatic carbocycles. The molecule has 3 N–H and O–H groups in total. The molecule has 3 rings (SSSR count). The first-order valence-corrected chi connectivity index (χ1v) is 6.42. The van der Waals surface area contributed by atoms with Gasteiger partial charge in [-0.15, -0.1) is 0 Å². The van der Waals surface area contributed by atoms with E-state index in [4.69, 9.17) is 5.84 Å². The molecule has 2 aliphatic carbocycles. The quantitative estimate of drug-likeness (QED) is 0.599. The second kappa shape index (κ2) is 4.19. The first-order valence-electron chi connectivity index (χ1n) is 6.42. The fourth-order valence-corrected chi connectivity index (χ4v) is 3.09. The van der Waals surface area contributed by atoms with E-state index >= 15 is 0 Å². The SMILES string of the molecule is NNC(CC1CCC1)C1Cc2ccccc21. The molecule has 2 aliphatic rings. The maximum absolute atomic E-state index is 5.72. The van der Waals surface area contributed by atoms with E-state index in [1.165, 1.54) is 43.2 Å². The van der Waals surface area contributed by atoms with Gasteiger partial charge in [0.1, 0.15) is 0 Å². The molecule has 2 atom stereocenters. The Bertz CT molecular complexity index is 371. The lowest BCUT2D eigenvalue weighted by Gasteiger charge is -2.39. The summed E-state index contributed by atoms with van der Waals surface area (Å²) in [6, 6.07) is 9.26. The lowest BCUT2D eigenvalue weighted by atomic mass is 9.69. The fourth-order valence-electron chi connectivity index (χ4n) is 3.09. The molecule has 86 valence electrons. The molecule has 16 heavy (non-hydrogen) atoms. The molecule has 2 unspecified atom stereocenters. The van der Waals surface area contributed by atoms with E-state index in [1.54, 1.807) is 0 Å². The first-order chi connectivity index (χ1) is 7.88. The second-order valence-electron chi connectivity index (χ2n) is 5.32. The van der Waals surface area contributed by atoms with Crippen LogP contribution in [0.3, 0.4) is 0 Å². The Balaban J connectivity index is 1.68. The smallest absolute Gasteiger partial charge is 0.0285 e. The van der Waals surface area contributed by atoms with Crippen LogP contribution >= 0.6 is 0 Å². The molecule has 0 spiro atoms. The molecule has 0 aromatic heterocycles. The van der Waals surface area contributed by atoms with Gasteiger partial charge < -0.3 is 0 Å². The summed E-state index contributed by atoms with van der Waals surface area (Å²) in [6.07, 6.45) is 6.70. The molecule has 0 heterocycles. The van der Waals surface area contributed by atoms with Gasteiger partial charge in [0, 0.05) is 12.0 Å². The van der Waals surface area contributed by atoms with Gasteiger partial charge in [-0.3, -0.25) is 11.3 Å². The van der Waals surface area contributed by atoms with E-state index < -0.39 is 0 Å². The number of fused-ring (bicyclic) bond motifs is 1. The van der Waals surface area contributed by atoms with Crippen LogP contribution in [0.15, 0.2) is 24.3 Å². The maximum atomic E-state index is 5.72. The van der Waals surface area contributed by atoms with Crippen molar-refractivity contribution in [3.63, 3.8) is 0 Å². The standard InChI is InChI=1S/C14H20N2/c15-16-14(8-10-4-3-5-10)13-9-11-6-1-2-7-12(11)13/h1-2,6-7,10,13-14,16H,3-5,8-9,15H2. The Morgan fingerprint density at radius 3 is 2.75 bits per heavy atom. The summed E-state index contributed by atoms with van der Waals surface area (Å²) in [4.78, 5) is 0. The number of benzene rings is 1. The van der Waals surface area contributed by atoms with E-state index in [1.807, 2.05) is 0 Å². The third kappa shape index (κ3) is 1.66. The average molecular weight is 216 g/mol. The summed E-state index contributed by atoms with van der Waals surface area (Å²) in [6.45, 7) is 0. The summed E-state index contributed by atoms with van der Waals surface area (Å²) >= 11 is 0. The van der Waals surface area contributed by atoms with Crippen molar-refractivity contribution in [1.82, 2.24) is 5.43 Å². The van der Waals surface area contributed by atoms with E-state index in [0.29, 0.717) is 12.0 Å². The van der Waals surface area contributed by atoms with Gasteiger partial charge in [0.05, 0.1) is 0 Å². The van der Waals surface area contributed by atoms with Crippen LogP contribution in [0, 0.1) is 5.92 Å². The average Bonchev–Trinajstić information content (AvgIpc) is 2.22. The predicted molar refractivity (Wildman–Crippen MR) is 66.0 cm³/mol. The molecule has 1 aromatic rings. The zero-order chi connectivity index (χ0) is 11.0. The summed E-state index contributed by atoms with van der Waals surface area (Å²) in [5.41, 5.74) is 6.08. The lowest BCUT2D eigenvalue weighted by molar-refractivity contribution is 0.237. The van der Waals surface area contributed by atoms with E-state index in [-0.39, 0.29) is 0 Å². The number of hydrogen-bond donors (Lipinski definition) is 2. The second-order valence-corrected chi connectivity index (χ2v) is 5.32. The first kappa shape index (κ1) is 10.3. The van der Waals surface area contributed by atoms with Crippen LogP contribution < -0.4 is 11.3 Å². The Morgan fingerprint density at radius 2 is 2.12 bits per heavy atom. The van der Waals surface area contributed by atoms with Crippen LogP contribution in [0.4, 0.5) is 0 Å². The number of hydrazine groups is 1. The number of hydrogen-bond acceptors (Lipinski definition) is 2. The highest BCUT2D eigenvalue weighted by Crippen LogP contribution is 2.41. The highest BCUT2D eigenvalue weighted by molar-refractivity contribution is 5.41. The van der Waals surface area contributed by atoms with Crippen molar-refractivity contribution in [1.29, 1.82) is 0 Å². The topological polar surface area (TPSA) is 38.0 Å². The predicted octanol–water partition coefficient (Wildman–Crippen LogP) is 2.35. The minimum absolute atomic E-state index is 0.486. The minimum atomic E-state index is 0.486. The van der Waals surface area contributed by atoms with Gasteiger partial charge in [-0.05, 0) is 29.9 Å². The van der Waals surface area contributed by atoms with Crippen LogP contribution in [0.25, 0.3) is 0 Å². The van der Waals surface area contributed by atoms with Gasteiger partial charge >= 0.3 is 0 Å². The maximum Gasteiger partial charge on any atom is 0.0285 e. The van der Waals surface area contributed by atoms with Crippen molar-refractivity contribution in [3.05, 3.63) is 35.4 Å². The fraction of sp³-hybridized carbons (Fsp3) is 0.571. The Hall–Kier alpha value is -0.860. The molecular formula is C14H20N2. The number of rotatable bonds is 4. The summed E-state index contributed by atoms with van der Waals surface area (Å²) < 4.78 is 0. The van der Waals surface area contributed by atoms with Crippen molar-refractivity contribution >= 4 is 0 Å². The molecule has 0 aliphatic heterocycles. The highest BCUT2D eigenvalue weighted by Gasteiger charge is 2.34. The van der Waals surface area contributed by atoms with Crippen molar-refractivity contribution in [3.8, 4) is 0 Å². The van der Waals surface area contributed by atoms with Crippen LogP contribution in [-0.2, 0) is 6.42 Å². The molecule has 1 fully saturated rings. The monoisotopic (exact) mass is 216 g/mol. The minimum Gasteiger partial charge on any atom is -0.271 e. The molecule has 0 radical (unpaired) electrons. The highest BCUT2D eigenvalue weighted by atomic mass is 15.2. The molecule has 2 heteroatoms. The van der Waals surface area contributed by atoms with Gasteiger partial charge in [0.15, 0.2) is 0 Å². The largest absolute Gasteiger partial charge is 0.271 e. The normalized spacial score (nSPS) is 25.4. The van der Waals surface area contributed by atoms with Crippen LogP contribution in [0.2, 0.25) is 0 Å². The van der Waals surface area contributed by atoms with Gasteiger partial charge in [-0.2, -0.15) is 0 Å². The zero-order valence-corrected chi connectivity index (χ0v) is 9.65. The number of nitrogens with one attached hydrogen (secondary N) is 1. The van der Waals surface area contributed by atoms with Gasteiger partial charge in [0.2, 0.25) is 0 Å². The Kier molecular flexibility index (Phi) is 2.70. The van der Waals surface area contributed by atoms with Crippen LogP contribution in [-0.4, -0.2) is 6.04 Å². The van der Waals surface area contributed by atoms with Crippen molar-refractivity contribution in [2.45, 2.75) is 44.1 Å². The van der Waals surface area contributed by atoms with E-state index in [0.717, 1.165) is 5.92 Å². The lowest BCUT2D eigenvalue weighted by Crippen LogP contribution is -2.45. The van der Waals surface area contributed by atoms with E-state index in [2.05, 4.69) is 29.7 Å². The van der Waals surface area contributed by atoms with Crippen molar-refractivity contribution < 1.29 is 0 Å². The molecule has 0 saturated heterocycles. The van der Waals surface area contributed by atoms with Crippen LogP contribution in [0.1, 0.15) is 42.7 Å². The van der Waals surface area contributed by atoms with Gasteiger partial charge in [-0.25, -0.2) is 0 Å². The summed E-state index contributed by atoms with van der Waals surface area (Å²) in [7, 11) is 0. The molecule has 2 nitrogen and oxygen atoms in total. The molecule has 0 amide bonds. The van der Waals surface area contributed by atoms with Crippen molar-refractivity contribution in [2.75, 3.05) is 0 Å². The molecule has 1 saturated carbocycles. The molecule has 0 bridgehead atoms.